The number of nitrogens with zero attached hydrogens (tertiary/aromatic N) is 2. The SMILES string of the molecule is CCCNC(=O)Cn1cnc2sc(C(=O)Nc3cc(C)ccc3OC)c(C)c2c1=O. The van der Waals surface area contributed by atoms with E-state index in [1.54, 1.807) is 13.0 Å². The molecular formula is C21H24N4O4S. The van der Waals surface area contributed by atoms with Crippen LogP contribution in [0.4, 0.5) is 5.69 Å². The van der Waals surface area contributed by atoms with Gasteiger partial charge in [0.25, 0.3) is 11.5 Å². The van der Waals surface area contributed by atoms with Crippen molar-refractivity contribution in [2.24, 2.45) is 0 Å². The van der Waals surface area contributed by atoms with Crippen molar-refractivity contribution in [1.82, 2.24) is 14.9 Å². The number of thiophene rings is 1. The van der Waals surface area contributed by atoms with Crippen molar-refractivity contribution >= 4 is 39.1 Å². The quantitative estimate of drug-likeness (QED) is 0.602. The zero-order valence-corrected chi connectivity index (χ0v) is 18.2. The largest absolute Gasteiger partial charge is 0.495 e. The number of aromatic nitrogens is 2. The summed E-state index contributed by atoms with van der Waals surface area (Å²) in [6.07, 6.45) is 2.16. The monoisotopic (exact) mass is 428 g/mol. The minimum Gasteiger partial charge on any atom is -0.495 e. The van der Waals surface area contributed by atoms with Crippen molar-refractivity contribution in [2.45, 2.75) is 33.7 Å². The number of carbonyl (C=O) groups excluding carboxylic acids is 2. The molecule has 0 bridgehead atoms. The Morgan fingerprint density at radius 3 is 2.73 bits per heavy atom. The van der Waals surface area contributed by atoms with Gasteiger partial charge in [-0.25, -0.2) is 4.98 Å². The van der Waals surface area contributed by atoms with Gasteiger partial charge in [-0.15, -0.1) is 11.3 Å². The van der Waals surface area contributed by atoms with Gasteiger partial charge < -0.3 is 15.4 Å². The minimum atomic E-state index is -0.342. The third-order valence-corrected chi connectivity index (χ3v) is 5.81. The molecule has 0 fully saturated rings. The number of hydrogen-bond acceptors (Lipinski definition) is 6. The molecule has 0 saturated carbocycles. The molecule has 2 heterocycles. The fourth-order valence-electron chi connectivity index (χ4n) is 3.06. The van der Waals surface area contributed by atoms with Crippen LogP contribution in [-0.2, 0) is 11.3 Å². The van der Waals surface area contributed by atoms with Gasteiger partial charge in [0.05, 0.1) is 29.4 Å². The molecule has 158 valence electrons. The molecule has 0 saturated heterocycles. The van der Waals surface area contributed by atoms with Gasteiger partial charge >= 0.3 is 0 Å². The zero-order chi connectivity index (χ0) is 21.8. The first kappa shape index (κ1) is 21.5. The van der Waals surface area contributed by atoms with E-state index in [9.17, 15) is 14.4 Å². The average molecular weight is 429 g/mol. The number of rotatable bonds is 7. The van der Waals surface area contributed by atoms with Crippen LogP contribution in [0.1, 0.15) is 34.1 Å². The highest BCUT2D eigenvalue weighted by Crippen LogP contribution is 2.30. The Balaban J connectivity index is 1.93. The number of nitrogens with one attached hydrogen (secondary N) is 2. The van der Waals surface area contributed by atoms with E-state index in [4.69, 9.17) is 4.74 Å². The molecule has 2 amide bonds. The molecule has 8 nitrogen and oxygen atoms in total. The minimum absolute atomic E-state index is 0.112. The van der Waals surface area contributed by atoms with Gasteiger partial charge in [-0.1, -0.05) is 13.0 Å². The van der Waals surface area contributed by atoms with E-state index in [0.717, 1.165) is 23.3 Å². The number of anilines is 1. The Hall–Kier alpha value is -3.20. The Morgan fingerprint density at radius 1 is 1.27 bits per heavy atom. The molecule has 3 aromatic rings. The fourth-order valence-corrected chi connectivity index (χ4v) is 4.10. The second-order valence-electron chi connectivity index (χ2n) is 6.92. The number of hydrogen-bond donors (Lipinski definition) is 2. The van der Waals surface area contributed by atoms with Gasteiger partial charge in [-0.2, -0.15) is 0 Å². The second-order valence-corrected chi connectivity index (χ2v) is 7.92. The third-order valence-electron chi connectivity index (χ3n) is 4.61. The highest BCUT2D eigenvalue weighted by Gasteiger charge is 2.21. The number of ether oxygens (including phenoxy) is 1. The first-order chi connectivity index (χ1) is 14.3. The van der Waals surface area contributed by atoms with E-state index in [2.05, 4.69) is 15.6 Å². The first-order valence-electron chi connectivity index (χ1n) is 9.57. The highest BCUT2D eigenvalue weighted by molar-refractivity contribution is 7.20. The van der Waals surface area contributed by atoms with E-state index in [-0.39, 0.29) is 23.9 Å². The van der Waals surface area contributed by atoms with Gasteiger partial charge in [0.2, 0.25) is 5.91 Å². The molecule has 30 heavy (non-hydrogen) atoms. The Morgan fingerprint density at radius 2 is 2.03 bits per heavy atom. The maximum Gasteiger partial charge on any atom is 0.266 e. The van der Waals surface area contributed by atoms with Crippen LogP contribution in [0, 0.1) is 13.8 Å². The molecule has 2 N–H and O–H groups in total. The summed E-state index contributed by atoms with van der Waals surface area (Å²) in [5.41, 5.74) is 1.73. The molecule has 0 aliphatic carbocycles. The molecule has 9 heteroatoms. The molecular weight excluding hydrogens is 404 g/mol. The topological polar surface area (TPSA) is 102 Å². The maximum atomic E-state index is 12.9. The van der Waals surface area contributed by atoms with Crippen LogP contribution >= 0.6 is 11.3 Å². The van der Waals surface area contributed by atoms with Crippen molar-refractivity contribution < 1.29 is 14.3 Å². The number of amides is 2. The van der Waals surface area contributed by atoms with Crippen LogP contribution in [0.25, 0.3) is 10.2 Å². The molecule has 0 radical (unpaired) electrons. The Labute approximate surface area is 177 Å². The van der Waals surface area contributed by atoms with Gasteiger partial charge in [-0.05, 0) is 43.5 Å². The highest BCUT2D eigenvalue weighted by atomic mass is 32.1. The zero-order valence-electron chi connectivity index (χ0n) is 17.4. The average Bonchev–Trinajstić information content (AvgIpc) is 3.06. The third kappa shape index (κ3) is 4.35. The van der Waals surface area contributed by atoms with Crippen molar-refractivity contribution in [2.75, 3.05) is 19.0 Å². The number of fused-ring (bicyclic) bond motifs is 1. The van der Waals surface area contributed by atoms with Crippen LogP contribution < -0.4 is 20.9 Å². The summed E-state index contributed by atoms with van der Waals surface area (Å²) in [4.78, 5) is 42.9. The smallest absolute Gasteiger partial charge is 0.266 e. The van der Waals surface area contributed by atoms with Crippen LogP contribution in [0.3, 0.4) is 0 Å². The van der Waals surface area contributed by atoms with Crippen LogP contribution in [0.5, 0.6) is 5.75 Å². The van der Waals surface area contributed by atoms with Crippen molar-refractivity contribution in [3.8, 4) is 5.75 Å². The summed E-state index contributed by atoms with van der Waals surface area (Å²) >= 11 is 1.15. The number of benzene rings is 1. The van der Waals surface area contributed by atoms with Crippen molar-refractivity contribution in [3.63, 3.8) is 0 Å². The molecule has 3 rings (SSSR count). The van der Waals surface area contributed by atoms with Crippen molar-refractivity contribution in [3.05, 3.63) is 50.9 Å². The normalized spacial score (nSPS) is 10.8. The molecule has 0 spiro atoms. The van der Waals surface area contributed by atoms with Crippen LogP contribution in [0.2, 0.25) is 0 Å². The summed E-state index contributed by atoms with van der Waals surface area (Å²) in [6.45, 7) is 6.02. The summed E-state index contributed by atoms with van der Waals surface area (Å²) in [5, 5.41) is 5.95. The predicted molar refractivity (Wildman–Crippen MR) is 118 cm³/mol. The second kappa shape index (κ2) is 9.08. The summed E-state index contributed by atoms with van der Waals surface area (Å²) < 4.78 is 6.57. The lowest BCUT2D eigenvalue weighted by Crippen LogP contribution is -2.32. The van der Waals surface area contributed by atoms with Gasteiger partial charge in [-0.3, -0.25) is 19.0 Å². The van der Waals surface area contributed by atoms with E-state index < -0.39 is 0 Å². The lowest BCUT2D eigenvalue weighted by atomic mass is 10.2. The van der Waals surface area contributed by atoms with Crippen LogP contribution in [-0.4, -0.2) is 35.0 Å². The van der Waals surface area contributed by atoms with Gasteiger partial charge in [0.1, 0.15) is 17.1 Å². The molecule has 2 aromatic heterocycles. The molecule has 0 aliphatic rings. The van der Waals surface area contributed by atoms with Crippen LogP contribution in [0.15, 0.2) is 29.3 Å². The Bertz CT molecular complexity index is 1170. The van der Waals surface area contributed by atoms with Gasteiger partial charge in [0, 0.05) is 6.54 Å². The first-order valence-corrected chi connectivity index (χ1v) is 10.4. The van der Waals surface area contributed by atoms with Crippen molar-refractivity contribution in [1.29, 1.82) is 0 Å². The van der Waals surface area contributed by atoms with Gasteiger partial charge in [0.15, 0.2) is 0 Å². The molecule has 0 atom stereocenters. The van der Waals surface area contributed by atoms with E-state index in [1.165, 1.54) is 18.0 Å². The molecule has 0 unspecified atom stereocenters. The van der Waals surface area contributed by atoms with E-state index in [1.807, 2.05) is 26.0 Å². The standard InChI is InChI=1S/C21H24N4O4S/c1-5-8-22-16(26)10-25-11-23-20-17(21(25)28)13(3)18(30-20)19(27)24-14-9-12(2)6-7-15(14)29-4/h6-7,9,11H,5,8,10H2,1-4H3,(H,22,26)(H,24,27). The lowest BCUT2D eigenvalue weighted by Gasteiger charge is -2.10. The molecule has 0 aliphatic heterocycles. The number of carbonyl (C=O) groups is 2. The lowest BCUT2D eigenvalue weighted by molar-refractivity contribution is -0.121. The number of methoxy groups -OCH3 is 1. The summed E-state index contributed by atoms with van der Waals surface area (Å²) in [5.74, 6) is -0.0465. The summed E-state index contributed by atoms with van der Waals surface area (Å²) in [6, 6.07) is 5.49. The molecule has 1 aromatic carbocycles. The predicted octanol–water partition coefficient (Wildman–Crippen LogP) is 2.86. The Kier molecular flexibility index (Phi) is 6.51. The number of aryl methyl sites for hydroxylation is 2. The summed E-state index contributed by atoms with van der Waals surface area (Å²) in [7, 11) is 1.54. The van der Waals surface area contributed by atoms with E-state index in [0.29, 0.717) is 38.6 Å². The fraction of sp³-hybridized carbons (Fsp3) is 0.333. The van der Waals surface area contributed by atoms with E-state index >= 15 is 0 Å². The maximum absolute atomic E-state index is 12.9.